The summed E-state index contributed by atoms with van der Waals surface area (Å²) in [6.07, 6.45) is 3.86. The van der Waals surface area contributed by atoms with E-state index in [0.717, 1.165) is 25.7 Å². The second-order valence-electron chi connectivity index (χ2n) is 4.14. The molecule has 1 atom stereocenters. The van der Waals surface area contributed by atoms with Crippen LogP contribution in [0.15, 0.2) is 0 Å². The summed E-state index contributed by atoms with van der Waals surface area (Å²) in [7, 11) is -4.08. The third-order valence-electron chi connectivity index (χ3n) is 2.59. The lowest BCUT2D eigenvalue weighted by atomic mass is 10.0. The molecule has 0 aromatic rings. The van der Waals surface area contributed by atoms with Gasteiger partial charge in [0.2, 0.25) is 0 Å². The molecule has 0 rings (SSSR count). The van der Waals surface area contributed by atoms with Crippen molar-refractivity contribution in [1.29, 1.82) is 0 Å². The molecule has 6 heteroatoms. The lowest BCUT2D eigenvalue weighted by molar-refractivity contribution is -0.144. The number of carbonyl (C=O) groups excluding carboxylic acids is 1. The van der Waals surface area contributed by atoms with Gasteiger partial charge < -0.3 is 4.74 Å². The molecular formula is C11H22O5S. The third kappa shape index (κ3) is 10.3. The van der Waals surface area contributed by atoms with Crippen molar-refractivity contribution >= 4 is 16.1 Å². The second-order valence-corrected chi connectivity index (χ2v) is 5.71. The molecule has 0 heterocycles. The van der Waals surface area contributed by atoms with Crippen LogP contribution < -0.4 is 0 Å². The van der Waals surface area contributed by atoms with E-state index in [2.05, 4.69) is 6.92 Å². The Labute approximate surface area is 103 Å². The Morgan fingerprint density at radius 3 is 2.47 bits per heavy atom. The minimum absolute atomic E-state index is 0.289. The Hall–Kier alpha value is -0.620. The van der Waals surface area contributed by atoms with Crippen LogP contribution in [-0.2, 0) is 19.6 Å². The van der Waals surface area contributed by atoms with E-state index < -0.39 is 21.8 Å². The second kappa shape index (κ2) is 8.47. The van der Waals surface area contributed by atoms with Crippen LogP contribution in [0.25, 0.3) is 0 Å². The number of rotatable bonds is 9. The fourth-order valence-electron chi connectivity index (χ4n) is 1.39. The number of hydrogen-bond acceptors (Lipinski definition) is 4. The molecule has 0 radical (unpaired) electrons. The molecule has 0 saturated heterocycles. The molecule has 0 aliphatic rings. The van der Waals surface area contributed by atoms with Gasteiger partial charge in [-0.2, -0.15) is 8.42 Å². The van der Waals surface area contributed by atoms with E-state index >= 15 is 0 Å². The van der Waals surface area contributed by atoms with Crippen molar-refractivity contribution in [3.05, 3.63) is 0 Å². The van der Waals surface area contributed by atoms with E-state index in [9.17, 15) is 13.2 Å². The minimum atomic E-state index is -4.08. The largest absolute Gasteiger partial charge is 0.465 e. The SMILES string of the molecule is CCCCC(CC)COC(=O)CCS(=O)(=O)O. The van der Waals surface area contributed by atoms with Crippen LogP contribution >= 0.6 is 0 Å². The highest BCUT2D eigenvalue weighted by Gasteiger charge is 2.13. The first-order chi connectivity index (χ1) is 7.89. The molecule has 0 amide bonds. The molecule has 17 heavy (non-hydrogen) atoms. The zero-order chi connectivity index (χ0) is 13.3. The van der Waals surface area contributed by atoms with E-state index in [0.29, 0.717) is 12.5 Å². The number of hydrogen-bond donors (Lipinski definition) is 1. The molecule has 0 aromatic heterocycles. The fourth-order valence-corrected chi connectivity index (χ4v) is 1.82. The van der Waals surface area contributed by atoms with Gasteiger partial charge in [-0.1, -0.05) is 33.1 Å². The average Bonchev–Trinajstić information content (AvgIpc) is 2.25. The van der Waals surface area contributed by atoms with Gasteiger partial charge in [0, 0.05) is 0 Å². The average molecular weight is 266 g/mol. The molecule has 1 N–H and O–H groups in total. The molecule has 102 valence electrons. The molecule has 0 saturated carbocycles. The van der Waals surface area contributed by atoms with Gasteiger partial charge in [-0.25, -0.2) is 0 Å². The van der Waals surface area contributed by atoms with Gasteiger partial charge in [-0.05, 0) is 12.3 Å². The molecule has 0 spiro atoms. The van der Waals surface area contributed by atoms with Gasteiger partial charge in [0.1, 0.15) is 0 Å². The van der Waals surface area contributed by atoms with E-state index in [1.807, 2.05) is 6.92 Å². The Morgan fingerprint density at radius 2 is 2.00 bits per heavy atom. The van der Waals surface area contributed by atoms with Gasteiger partial charge in [0.15, 0.2) is 0 Å². The van der Waals surface area contributed by atoms with Crippen molar-refractivity contribution in [2.24, 2.45) is 5.92 Å². The predicted octanol–water partition coefficient (Wildman–Crippen LogP) is 2.02. The molecule has 0 aliphatic heterocycles. The van der Waals surface area contributed by atoms with Crippen LogP contribution in [0.4, 0.5) is 0 Å². The minimum Gasteiger partial charge on any atom is -0.465 e. The molecule has 0 aromatic carbocycles. The quantitative estimate of drug-likeness (QED) is 0.510. The van der Waals surface area contributed by atoms with E-state index in [1.165, 1.54) is 0 Å². The van der Waals surface area contributed by atoms with Crippen LogP contribution in [0.5, 0.6) is 0 Å². The van der Waals surface area contributed by atoms with Gasteiger partial charge in [0.25, 0.3) is 10.1 Å². The van der Waals surface area contributed by atoms with Crippen LogP contribution in [0.1, 0.15) is 46.0 Å². The van der Waals surface area contributed by atoms with Gasteiger partial charge in [-0.3, -0.25) is 9.35 Å². The summed E-state index contributed by atoms with van der Waals surface area (Å²) in [5, 5.41) is 0. The molecule has 0 bridgehead atoms. The maximum Gasteiger partial charge on any atom is 0.306 e. The maximum atomic E-state index is 11.2. The zero-order valence-corrected chi connectivity index (χ0v) is 11.3. The molecule has 5 nitrogen and oxygen atoms in total. The molecule has 0 fully saturated rings. The number of esters is 1. The first-order valence-corrected chi connectivity index (χ1v) is 7.60. The van der Waals surface area contributed by atoms with Gasteiger partial charge in [-0.15, -0.1) is 0 Å². The van der Waals surface area contributed by atoms with Crippen LogP contribution in [0.2, 0.25) is 0 Å². The highest BCUT2D eigenvalue weighted by molar-refractivity contribution is 7.85. The predicted molar refractivity (Wildman–Crippen MR) is 65.3 cm³/mol. The van der Waals surface area contributed by atoms with Crippen LogP contribution in [0.3, 0.4) is 0 Å². The summed E-state index contributed by atoms with van der Waals surface area (Å²) < 4.78 is 34.3. The summed E-state index contributed by atoms with van der Waals surface area (Å²) in [5.74, 6) is -0.806. The summed E-state index contributed by atoms with van der Waals surface area (Å²) in [6, 6.07) is 0. The van der Waals surface area contributed by atoms with Crippen molar-refractivity contribution < 1.29 is 22.5 Å². The Kier molecular flexibility index (Phi) is 8.16. The first-order valence-electron chi connectivity index (χ1n) is 5.99. The highest BCUT2D eigenvalue weighted by Crippen LogP contribution is 2.13. The third-order valence-corrected chi connectivity index (χ3v) is 3.31. The summed E-state index contributed by atoms with van der Waals surface area (Å²) in [4.78, 5) is 11.2. The lowest BCUT2D eigenvalue weighted by Gasteiger charge is -2.14. The Balaban J connectivity index is 3.81. The number of unbranched alkanes of at least 4 members (excludes halogenated alkanes) is 1. The topological polar surface area (TPSA) is 80.7 Å². The Bertz CT molecular complexity index is 310. The monoisotopic (exact) mass is 266 g/mol. The van der Waals surface area contributed by atoms with Crippen molar-refractivity contribution in [2.45, 2.75) is 46.0 Å². The lowest BCUT2D eigenvalue weighted by Crippen LogP contribution is -2.16. The van der Waals surface area contributed by atoms with Crippen molar-refractivity contribution in [3.8, 4) is 0 Å². The van der Waals surface area contributed by atoms with Crippen LogP contribution in [0, 0.1) is 5.92 Å². The molecule has 1 unspecified atom stereocenters. The highest BCUT2D eigenvalue weighted by atomic mass is 32.2. The number of ether oxygens (including phenoxy) is 1. The smallest absolute Gasteiger partial charge is 0.306 e. The number of carbonyl (C=O) groups is 1. The van der Waals surface area contributed by atoms with Gasteiger partial charge in [0.05, 0.1) is 18.8 Å². The standard InChI is InChI=1S/C11H22O5S/c1-3-5-6-10(4-2)9-16-11(12)7-8-17(13,14)15/h10H,3-9H2,1-2H3,(H,13,14,15). The van der Waals surface area contributed by atoms with E-state index in [-0.39, 0.29) is 6.42 Å². The summed E-state index contributed by atoms with van der Waals surface area (Å²) >= 11 is 0. The van der Waals surface area contributed by atoms with E-state index in [1.54, 1.807) is 0 Å². The molecular weight excluding hydrogens is 244 g/mol. The fraction of sp³-hybridized carbons (Fsp3) is 0.909. The maximum absolute atomic E-state index is 11.2. The van der Waals surface area contributed by atoms with E-state index in [4.69, 9.17) is 9.29 Å². The molecule has 0 aliphatic carbocycles. The first kappa shape index (κ1) is 16.4. The zero-order valence-electron chi connectivity index (χ0n) is 10.5. The summed E-state index contributed by atoms with van der Waals surface area (Å²) in [5.41, 5.74) is 0. The van der Waals surface area contributed by atoms with Crippen molar-refractivity contribution in [3.63, 3.8) is 0 Å². The van der Waals surface area contributed by atoms with Crippen molar-refractivity contribution in [2.75, 3.05) is 12.4 Å². The van der Waals surface area contributed by atoms with Gasteiger partial charge >= 0.3 is 5.97 Å². The summed E-state index contributed by atoms with van der Waals surface area (Å²) in [6.45, 7) is 4.47. The van der Waals surface area contributed by atoms with Crippen molar-refractivity contribution in [1.82, 2.24) is 0 Å². The van der Waals surface area contributed by atoms with Crippen LogP contribution in [-0.4, -0.2) is 31.3 Å². The normalized spacial score (nSPS) is 13.4. The Morgan fingerprint density at radius 1 is 1.35 bits per heavy atom.